The maximum Gasteiger partial charge on any atom is 0.231 e. The molecule has 0 fully saturated rings. The van der Waals surface area contributed by atoms with E-state index in [1.54, 1.807) is 6.08 Å². The van der Waals surface area contributed by atoms with Crippen LogP contribution in [0.25, 0.3) is 6.08 Å². The average molecular weight is 248 g/mol. The molecule has 1 aliphatic rings. The number of aldehydes is 1. The van der Waals surface area contributed by atoms with Gasteiger partial charge in [0.25, 0.3) is 0 Å². The Balaban J connectivity index is 2.07. The van der Waals surface area contributed by atoms with Gasteiger partial charge in [-0.1, -0.05) is 19.4 Å². The SMILES string of the molecule is CCCCOC(C=O)=Cc1ccc2c(c1)OCO2. The summed E-state index contributed by atoms with van der Waals surface area (Å²) in [6.45, 7) is 2.88. The number of benzene rings is 1. The zero-order valence-corrected chi connectivity index (χ0v) is 10.3. The fraction of sp³-hybridized carbons (Fsp3) is 0.357. The smallest absolute Gasteiger partial charge is 0.231 e. The lowest BCUT2D eigenvalue weighted by molar-refractivity contribution is -0.107. The summed E-state index contributed by atoms with van der Waals surface area (Å²) >= 11 is 0. The summed E-state index contributed by atoms with van der Waals surface area (Å²) < 4.78 is 15.9. The van der Waals surface area contributed by atoms with E-state index in [2.05, 4.69) is 6.92 Å². The number of carbonyl (C=O) groups is 1. The molecule has 0 N–H and O–H groups in total. The van der Waals surface area contributed by atoms with E-state index in [-0.39, 0.29) is 6.79 Å². The molecule has 1 aromatic rings. The third-order valence-electron chi connectivity index (χ3n) is 2.59. The van der Waals surface area contributed by atoms with Crippen LogP contribution in [-0.2, 0) is 9.53 Å². The van der Waals surface area contributed by atoms with Crippen molar-refractivity contribution < 1.29 is 19.0 Å². The zero-order chi connectivity index (χ0) is 12.8. The molecule has 96 valence electrons. The minimum Gasteiger partial charge on any atom is -0.490 e. The van der Waals surface area contributed by atoms with Crippen LogP contribution in [0.3, 0.4) is 0 Å². The molecule has 4 nitrogen and oxygen atoms in total. The summed E-state index contributed by atoms with van der Waals surface area (Å²) in [5, 5.41) is 0. The Morgan fingerprint density at radius 1 is 1.39 bits per heavy atom. The van der Waals surface area contributed by atoms with Crippen LogP contribution >= 0.6 is 0 Å². The molecule has 0 unspecified atom stereocenters. The summed E-state index contributed by atoms with van der Waals surface area (Å²) in [6.07, 6.45) is 4.40. The number of hydrogen-bond acceptors (Lipinski definition) is 4. The van der Waals surface area contributed by atoms with E-state index in [4.69, 9.17) is 14.2 Å². The van der Waals surface area contributed by atoms with Gasteiger partial charge in [0, 0.05) is 0 Å². The van der Waals surface area contributed by atoms with Gasteiger partial charge in [0.2, 0.25) is 6.79 Å². The normalized spacial score (nSPS) is 13.5. The lowest BCUT2D eigenvalue weighted by Crippen LogP contribution is -1.95. The number of allylic oxidation sites excluding steroid dienone is 1. The van der Waals surface area contributed by atoms with Crippen molar-refractivity contribution in [3.63, 3.8) is 0 Å². The molecule has 0 aromatic heterocycles. The fourth-order valence-electron chi connectivity index (χ4n) is 1.61. The number of fused-ring (bicyclic) bond motifs is 1. The topological polar surface area (TPSA) is 44.8 Å². The molecule has 0 saturated heterocycles. The average Bonchev–Trinajstić information content (AvgIpc) is 2.85. The van der Waals surface area contributed by atoms with Crippen molar-refractivity contribution >= 4 is 12.4 Å². The largest absolute Gasteiger partial charge is 0.490 e. The summed E-state index contributed by atoms with van der Waals surface area (Å²) in [5.74, 6) is 1.76. The van der Waals surface area contributed by atoms with E-state index >= 15 is 0 Å². The number of rotatable bonds is 6. The van der Waals surface area contributed by atoms with Crippen molar-refractivity contribution in [2.45, 2.75) is 19.8 Å². The van der Waals surface area contributed by atoms with Gasteiger partial charge in [0.1, 0.15) is 0 Å². The van der Waals surface area contributed by atoms with Crippen molar-refractivity contribution in [1.29, 1.82) is 0 Å². The van der Waals surface area contributed by atoms with Gasteiger partial charge in [-0.05, 0) is 30.2 Å². The molecule has 0 aliphatic carbocycles. The molecule has 1 aromatic carbocycles. The summed E-state index contributed by atoms with van der Waals surface area (Å²) in [7, 11) is 0. The van der Waals surface area contributed by atoms with E-state index < -0.39 is 0 Å². The molecule has 0 amide bonds. The van der Waals surface area contributed by atoms with E-state index in [1.165, 1.54) is 0 Å². The van der Waals surface area contributed by atoms with Gasteiger partial charge in [-0.3, -0.25) is 4.79 Å². The highest BCUT2D eigenvalue weighted by Gasteiger charge is 2.12. The van der Waals surface area contributed by atoms with E-state index in [0.29, 0.717) is 18.1 Å². The second-order valence-electron chi connectivity index (χ2n) is 3.98. The van der Waals surface area contributed by atoms with Crippen molar-refractivity contribution in [2.24, 2.45) is 0 Å². The molecule has 2 rings (SSSR count). The first-order valence-electron chi connectivity index (χ1n) is 6.03. The van der Waals surface area contributed by atoms with Crippen molar-refractivity contribution in [2.75, 3.05) is 13.4 Å². The van der Waals surface area contributed by atoms with Crippen LogP contribution in [0.5, 0.6) is 11.5 Å². The number of ether oxygens (including phenoxy) is 3. The first kappa shape index (κ1) is 12.5. The van der Waals surface area contributed by atoms with Crippen LogP contribution in [0, 0.1) is 0 Å². The number of unbranched alkanes of at least 4 members (excludes halogenated alkanes) is 1. The highest BCUT2D eigenvalue weighted by atomic mass is 16.7. The first-order valence-corrected chi connectivity index (χ1v) is 6.03. The van der Waals surface area contributed by atoms with Crippen LogP contribution < -0.4 is 9.47 Å². The lowest BCUT2D eigenvalue weighted by Gasteiger charge is -2.04. The maximum absolute atomic E-state index is 10.9. The molecule has 1 heterocycles. The molecule has 0 saturated carbocycles. The van der Waals surface area contributed by atoms with E-state index in [9.17, 15) is 4.79 Å². The van der Waals surface area contributed by atoms with Crippen LogP contribution in [0.4, 0.5) is 0 Å². The van der Waals surface area contributed by atoms with Gasteiger partial charge in [-0.2, -0.15) is 0 Å². The predicted molar refractivity (Wildman–Crippen MR) is 67.5 cm³/mol. The van der Waals surface area contributed by atoms with Gasteiger partial charge in [0.15, 0.2) is 23.5 Å². The van der Waals surface area contributed by atoms with Crippen LogP contribution in [0.1, 0.15) is 25.3 Å². The second kappa shape index (κ2) is 6.10. The van der Waals surface area contributed by atoms with Gasteiger partial charge >= 0.3 is 0 Å². The number of carbonyl (C=O) groups excluding carboxylic acids is 1. The Labute approximate surface area is 106 Å². The predicted octanol–water partition coefficient (Wildman–Crippen LogP) is 2.77. The molecular weight excluding hydrogens is 232 g/mol. The zero-order valence-electron chi connectivity index (χ0n) is 10.3. The molecule has 0 bridgehead atoms. The Kier molecular flexibility index (Phi) is 4.23. The van der Waals surface area contributed by atoms with Gasteiger partial charge < -0.3 is 14.2 Å². The summed E-state index contributed by atoms with van der Waals surface area (Å²) in [4.78, 5) is 10.9. The molecule has 18 heavy (non-hydrogen) atoms. The first-order chi connectivity index (χ1) is 8.83. The molecule has 1 aliphatic heterocycles. The third-order valence-corrected chi connectivity index (χ3v) is 2.59. The Bertz CT molecular complexity index is 451. The van der Waals surface area contributed by atoms with E-state index in [0.717, 1.165) is 30.4 Å². The summed E-state index contributed by atoms with van der Waals surface area (Å²) in [6, 6.07) is 5.51. The van der Waals surface area contributed by atoms with Crippen LogP contribution in [0.15, 0.2) is 24.0 Å². The molecule has 0 atom stereocenters. The number of hydrogen-bond donors (Lipinski definition) is 0. The van der Waals surface area contributed by atoms with Crippen molar-refractivity contribution in [3.8, 4) is 11.5 Å². The molecule has 0 radical (unpaired) electrons. The summed E-state index contributed by atoms with van der Waals surface area (Å²) in [5.41, 5.74) is 0.859. The fourth-order valence-corrected chi connectivity index (χ4v) is 1.61. The minimum absolute atomic E-state index is 0.246. The van der Waals surface area contributed by atoms with Gasteiger partial charge in [0.05, 0.1) is 6.61 Å². The Morgan fingerprint density at radius 3 is 3.00 bits per heavy atom. The quantitative estimate of drug-likeness (QED) is 0.336. The highest BCUT2D eigenvalue weighted by Crippen LogP contribution is 2.33. The Morgan fingerprint density at radius 2 is 2.22 bits per heavy atom. The molecule has 4 heteroatoms. The standard InChI is InChI=1S/C14H16O4/c1-2-3-6-16-12(9-15)7-11-4-5-13-14(8-11)18-10-17-13/h4-5,7-9H,2-3,6,10H2,1H3. The monoisotopic (exact) mass is 248 g/mol. The van der Waals surface area contributed by atoms with Crippen molar-refractivity contribution in [3.05, 3.63) is 29.5 Å². The lowest BCUT2D eigenvalue weighted by atomic mass is 10.2. The van der Waals surface area contributed by atoms with Crippen LogP contribution in [-0.4, -0.2) is 19.7 Å². The van der Waals surface area contributed by atoms with Crippen molar-refractivity contribution in [1.82, 2.24) is 0 Å². The molecular formula is C14H16O4. The highest BCUT2D eigenvalue weighted by molar-refractivity contribution is 5.79. The maximum atomic E-state index is 10.9. The van der Waals surface area contributed by atoms with E-state index in [1.807, 2.05) is 18.2 Å². The van der Waals surface area contributed by atoms with Gasteiger partial charge in [-0.25, -0.2) is 0 Å². The Hall–Kier alpha value is -1.97. The van der Waals surface area contributed by atoms with Gasteiger partial charge in [-0.15, -0.1) is 0 Å². The van der Waals surface area contributed by atoms with Crippen LogP contribution in [0.2, 0.25) is 0 Å². The molecule has 0 spiro atoms. The second-order valence-corrected chi connectivity index (χ2v) is 3.98. The third kappa shape index (κ3) is 3.03. The minimum atomic E-state index is 0.246.